The molecule has 200 valence electrons. The minimum Gasteiger partial charge on any atom is -0.491 e. The van der Waals surface area contributed by atoms with Crippen molar-refractivity contribution in [3.05, 3.63) is 28.8 Å². The van der Waals surface area contributed by atoms with Crippen molar-refractivity contribution in [2.75, 3.05) is 45.9 Å². The number of ether oxygens (including phenoxy) is 1. The number of halogens is 1. The first kappa shape index (κ1) is 28.3. The molecule has 2 heterocycles. The molecule has 0 aromatic heterocycles. The number of piperidine rings is 1. The molecule has 3 rings (SSSR count). The lowest BCUT2D eigenvalue weighted by atomic mass is 9.99. The topological polar surface area (TPSA) is 91.0 Å². The van der Waals surface area contributed by atoms with Gasteiger partial charge in [0.15, 0.2) is 0 Å². The first-order valence-electron chi connectivity index (χ1n) is 13.2. The SMILES string of the molecule is CC(C)C[C@H]1COc2ccc(Cl)cc2C(=O)NCCCCN(C(=O)CN2CCC(C)CC2)CC(=O)N1. The van der Waals surface area contributed by atoms with E-state index in [1.54, 1.807) is 23.1 Å². The van der Waals surface area contributed by atoms with Crippen molar-refractivity contribution >= 4 is 29.3 Å². The fourth-order valence-corrected chi connectivity index (χ4v) is 4.88. The number of carbonyl (C=O) groups is 3. The van der Waals surface area contributed by atoms with Crippen molar-refractivity contribution in [1.82, 2.24) is 20.4 Å². The Morgan fingerprint density at radius 2 is 1.92 bits per heavy atom. The number of fused-ring (bicyclic) bond motifs is 1. The molecule has 36 heavy (non-hydrogen) atoms. The van der Waals surface area contributed by atoms with Crippen molar-refractivity contribution in [2.45, 2.75) is 58.9 Å². The van der Waals surface area contributed by atoms with Crippen molar-refractivity contribution < 1.29 is 19.1 Å². The number of amides is 3. The molecule has 0 bridgehead atoms. The smallest absolute Gasteiger partial charge is 0.255 e. The standard InChI is InChI=1S/C27H41ClN4O4/c1-19(2)14-22-18-36-24-7-6-21(28)15-23(24)27(35)29-10-4-5-11-32(16-25(33)30-22)26(34)17-31-12-8-20(3)9-13-31/h6-7,15,19-20,22H,4-5,8-14,16-18H2,1-3H3,(H,29,35)(H,30,33)/t22-/m0/s1. The zero-order chi connectivity index (χ0) is 26.1. The maximum absolute atomic E-state index is 13.2. The van der Waals surface area contributed by atoms with Gasteiger partial charge < -0.3 is 20.3 Å². The number of likely N-dealkylation sites (tertiary alicyclic amines) is 1. The molecule has 0 radical (unpaired) electrons. The second kappa shape index (κ2) is 13.8. The van der Waals surface area contributed by atoms with E-state index in [0.29, 0.717) is 67.1 Å². The van der Waals surface area contributed by atoms with Gasteiger partial charge in [-0.05, 0) is 75.2 Å². The molecule has 1 saturated heterocycles. The van der Waals surface area contributed by atoms with E-state index < -0.39 is 0 Å². The summed E-state index contributed by atoms with van der Waals surface area (Å²) in [4.78, 5) is 42.9. The van der Waals surface area contributed by atoms with Gasteiger partial charge in [0, 0.05) is 18.1 Å². The Morgan fingerprint density at radius 3 is 2.64 bits per heavy atom. The number of nitrogens with one attached hydrogen (secondary N) is 2. The van der Waals surface area contributed by atoms with Crippen LogP contribution in [0.4, 0.5) is 0 Å². The Morgan fingerprint density at radius 1 is 1.17 bits per heavy atom. The van der Waals surface area contributed by atoms with E-state index in [-0.39, 0.29) is 36.9 Å². The van der Waals surface area contributed by atoms with Gasteiger partial charge in [-0.2, -0.15) is 0 Å². The molecular weight excluding hydrogens is 480 g/mol. The molecule has 0 unspecified atom stereocenters. The average Bonchev–Trinajstić information content (AvgIpc) is 2.82. The van der Waals surface area contributed by atoms with E-state index in [4.69, 9.17) is 16.3 Å². The molecule has 2 aliphatic rings. The van der Waals surface area contributed by atoms with Crippen molar-refractivity contribution in [3.63, 3.8) is 0 Å². The summed E-state index contributed by atoms with van der Waals surface area (Å²) in [7, 11) is 0. The van der Waals surface area contributed by atoms with Crippen LogP contribution in [0.1, 0.15) is 63.2 Å². The Labute approximate surface area is 220 Å². The largest absolute Gasteiger partial charge is 0.491 e. The summed E-state index contributed by atoms with van der Waals surface area (Å²) < 4.78 is 6.01. The summed E-state index contributed by atoms with van der Waals surface area (Å²) >= 11 is 6.14. The maximum Gasteiger partial charge on any atom is 0.255 e. The molecule has 0 spiro atoms. The summed E-state index contributed by atoms with van der Waals surface area (Å²) in [6.45, 7) is 9.74. The lowest BCUT2D eigenvalue weighted by molar-refractivity contribution is -0.137. The molecule has 1 atom stereocenters. The summed E-state index contributed by atoms with van der Waals surface area (Å²) in [6, 6.07) is 4.72. The van der Waals surface area contributed by atoms with Crippen molar-refractivity contribution in [1.29, 1.82) is 0 Å². The molecule has 1 fully saturated rings. The lowest BCUT2D eigenvalue weighted by Gasteiger charge is -2.32. The Bertz CT molecular complexity index is 902. The van der Waals surface area contributed by atoms with E-state index in [0.717, 1.165) is 25.9 Å². The second-order valence-electron chi connectivity index (χ2n) is 10.6. The van der Waals surface area contributed by atoms with Crippen LogP contribution < -0.4 is 15.4 Å². The summed E-state index contributed by atoms with van der Waals surface area (Å²) in [5.41, 5.74) is 0.375. The van der Waals surface area contributed by atoms with E-state index in [1.807, 2.05) is 0 Å². The van der Waals surface area contributed by atoms with Crippen LogP contribution in [-0.2, 0) is 9.59 Å². The van der Waals surface area contributed by atoms with Gasteiger partial charge in [-0.1, -0.05) is 32.4 Å². The van der Waals surface area contributed by atoms with Gasteiger partial charge >= 0.3 is 0 Å². The van der Waals surface area contributed by atoms with Gasteiger partial charge in [0.1, 0.15) is 12.4 Å². The highest BCUT2D eigenvalue weighted by molar-refractivity contribution is 6.31. The van der Waals surface area contributed by atoms with Crippen molar-refractivity contribution in [3.8, 4) is 5.75 Å². The Kier molecular flexibility index (Phi) is 10.9. The van der Waals surface area contributed by atoms with Crippen LogP contribution in [0.3, 0.4) is 0 Å². The highest BCUT2D eigenvalue weighted by atomic mass is 35.5. The van der Waals surface area contributed by atoms with Crippen LogP contribution in [0.2, 0.25) is 5.02 Å². The van der Waals surface area contributed by atoms with Crippen LogP contribution >= 0.6 is 11.6 Å². The fraction of sp³-hybridized carbons (Fsp3) is 0.667. The normalized spacial score (nSPS) is 21.6. The molecule has 9 heteroatoms. The molecular formula is C27H41ClN4O4. The van der Waals surface area contributed by atoms with Crippen LogP contribution in [0.5, 0.6) is 5.75 Å². The van der Waals surface area contributed by atoms with E-state index in [2.05, 4.69) is 36.3 Å². The highest BCUT2D eigenvalue weighted by Gasteiger charge is 2.25. The van der Waals surface area contributed by atoms with E-state index >= 15 is 0 Å². The minimum atomic E-state index is -0.255. The second-order valence-corrected chi connectivity index (χ2v) is 11.0. The molecule has 1 aromatic carbocycles. The molecule has 0 saturated carbocycles. The predicted octanol–water partition coefficient (Wildman–Crippen LogP) is 3.33. The first-order valence-corrected chi connectivity index (χ1v) is 13.6. The number of hydrogen-bond donors (Lipinski definition) is 2. The quantitative estimate of drug-likeness (QED) is 0.635. The Hall–Kier alpha value is -2.32. The van der Waals surface area contributed by atoms with E-state index in [9.17, 15) is 14.4 Å². The third-order valence-corrected chi connectivity index (χ3v) is 7.05. The van der Waals surface area contributed by atoms with E-state index in [1.165, 1.54) is 0 Å². The third-order valence-electron chi connectivity index (χ3n) is 6.81. The molecule has 2 aliphatic heterocycles. The number of nitrogens with zero attached hydrogens (tertiary/aromatic N) is 2. The minimum absolute atomic E-state index is 0.0215. The van der Waals surface area contributed by atoms with Crippen molar-refractivity contribution in [2.24, 2.45) is 11.8 Å². The van der Waals surface area contributed by atoms with Gasteiger partial charge in [0.25, 0.3) is 5.91 Å². The average molecular weight is 521 g/mol. The highest BCUT2D eigenvalue weighted by Crippen LogP contribution is 2.24. The fourth-order valence-electron chi connectivity index (χ4n) is 4.71. The summed E-state index contributed by atoms with van der Waals surface area (Å²) in [5, 5.41) is 6.45. The number of hydrogen-bond acceptors (Lipinski definition) is 5. The van der Waals surface area contributed by atoms with Gasteiger partial charge in [0.2, 0.25) is 11.8 Å². The number of carbonyl (C=O) groups excluding carboxylic acids is 3. The van der Waals surface area contributed by atoms with Gasteiger partial charge in [0.05, 0.1) is 24.7 Å². The number of benzene rings is 1. The lowest BCUT2D eigenvalue weighted by Crippen LogP contribution is -2.49. The molecule has 0 aliphatic carbocycles. The molecule has 8 nitrogen and oxygen atoms in total. The summed E-state index contributed by atoms with van der Waals surface area (Å²) in [6.07, 6.45) is 4.27. The Balaban J connectivity index is 1.72. The third kappa shape index (κ3) is 8.96. The predicted molar refractivity (Wildman–Crippen MR) is 141 cm³/mol. The number of rotatable bonds is 4. The first-order chi connectivity index (χ1) is 17.2. The van der Waals surface area contributed by atoms with Crippen LogP contribution in [-0.4, -0.2) is 79.4 Å². The molecule has 3 amide bonds. The van der Waals surface area contributed by atoms with Gasteiger partial charge in [-0.15, -0.1) is 0 Å². The zero-order valence-electron chi connectivity index (χ0n) is 21.9. The van der Waals surface area contributed by atoms with Crippen LogP contribution in [0.15, 0.2) is 18.2 Å². The van der Waals surface area contributed by atoms with Gasteiger partial charge in [-0.25, -0.2) is 0 Å². The zero-order valence-corrected chi connectivity index (χ0v) is 22.6. The monoisotopic (exact) mass is 520 g/mol. The molecule has 2 N–H and O–H groups in total. The van der Waals surface area contributed by atoms with Gasteiger partial charge in [-0.3, -0.25) is 19.3 Å². The van der Waals surface area contributed by atoms with Crippen LogP contribution in [0.25, 0.3) is 0 Å². The summed E-state index contributed by atoms with van der Waals surface area (Å²) in [5.74, 6) is 0.991. The van der Waals surface area contributed by atoms with Crippen LogP contribution in [0, 0.1) is 11.8 Å². The maximum atomic E-state index is 13.2. The molecule has 1 aromatic rings.